The first-order chi connectivity index (χ1) is 8.79. The molecule has 3 heteroatoms. The summed E-state index contributed by atoms with van der Waals surface area (Å²) in [5.74, 6) is 1.17. The van der Waals surface area contributed by atoms with E-state index in [-0.39, 0.29) is 0 Å². The molecule has 1 saturated heterocycles. The van der Waals surface area contributed by atoms with Gasteiger partial charge in [-0.3, -0.25) is 0 Å². The number of nitrogens with zero attached hydrogens (tertiary/aromatic N) is 2. The summed E-state index contributed by atoms with van der Waals surface area (Å²) in [6, 6.07) is 4.41. The molecular formula is C15H25N3. The molecule has 0 radical (unpaired) electrons. The van der Waals surface area contributed by atoms with E-state index in [4.69, 9.17) is 4.98 Å². The maximum atomic E-state index is 4.71. The maximum Gasteiger partial charge on any atom is 0.129 e. The fourth-order valence-corrected chi connectivity index (χ4v) is 2.67. The second kappa shape index (κ2) is 6.74. The van der Waals surface area contributed by atoms with Gasteiger partial charge in [-0.25, -0.2) is 4.98 Å². The lowest BCUT2D eigenvalue weighted by atomic mass is 10.1. The van der Waals surface area contributed by atoms with Crippen LogP contribution in [0.25, 0.3) is 0 Å². The topological polar surface area (TPSA) is 28.2 Å². The number of rotatable bonds is 3. The zero-order valence-corrected chi connectivity index (χ0v) is 11.7. The highest BCUT2D eigenvalue weighted by atomic mass is 15.2. The summed E-state index contributed by atoms with van der Waals surface area (Å²) in [4.78, 5) is 7.17. The Morgan fingerprint density at radius 2 is 1.78 bits per heavy atom. The first-order valence-corrected chi connectivity index (χ1v) is 7.17. The standard InChI is InChI=1S/C15H25N3/c1-13-10-14(12-16-2)11-15(17-13)18-8-6-4-3-5-7-9-18/h10-11,16H,3-9,12H2,1-2H3. The van der Waals surface area contributed by atoms with Crippen LogP contribution in [0, 0.1) is 6.92 Å². The predicted molar refractivity (Wildman–Crippen MR) is 77.0 cm³/mol. The van der Waals surface area contributed by atoms with E-state index >= 15 is 0 Å². The lowest BCUT2D eigenvalue weighted by molar-refractivity contribution is 0.553. The highest BCUT2D eigenvalue weighted by molar-refractivity contribution is 5.42. The van der Waals surface area contributed by atoms with Crippen molar-refractivity contribution < 1.29 is 0 Å². The van der Waals surface area contributed by atoms with Crippen molar-refractivity contribution in [2.24, 2.45) is 0 Å². The molecule has 0 atom stereocenters. The second-order valence-electron chi connectivity index (χ2n) is 5.26. The molecule has 1 aromatic heterocycles. The summed E-state index contributed by atoms with van der Waals surface area (Å²) < 4.78 is 0. The number of aryl methyl sites for hydroxylation is 1. The Labute approximate surface area is 111 Å². The minimum Gasteiger partial charge on any atom is -0.357 e. The number of anilines is 1. The summed E-state index contributed by atoms with van der Waals surface area (Å²) in [7, 11) is 1.99. The van der Waals surface area contributed by atoms with E-state index in [0.717, 1.165) is 25.3 Å². The Balaban J connectivity index is 2.14. The van der Waals surface area contributed by atoms with Gasteiger partial charge in [0.05, 0.1) is 0 Å². The van der Waals surface area contributed by atoms with Crippen LogP contribution in [0.1, 0.15) is 43.4 Å². The Kier molecular flexibility index (Phi) is 5.00. The van der Waals surface area contributed by atoms with Crippen LogP contribution >= 0.6 is 0 Å². The van der Waals surface area contributed by atoms with Crippen molar-refractivity contribution in [1.82, 2.24) is 10.3 Å². The van der Waals surface area contributed by atoms with E-state index in [2.05, 4.69) is 29.3 Å². The molecule has 1 fully saturated rings. The number of nitrogens with one attached hydrogen (secondary N) is 1. The lowest BCUT2D eigenvalue weighted by Crippen LogP contribution is -2.28. The van der Waals surface area contributed by atoms with E-state index in [1.165, 1.54) is 43.5 Å². The summed E-state index contributed by atoms with van der Waals surface area (Å²) in [6.07, 6.45) is 6.74. The van der Waals surface area contributed by atoms with Crippen LogP contribution in [0.5, 0.6) is 0 Å². The third-order valence-electron chi connectivity index (χ3n) is 3.56. The van der Waals surface area contributed by atoms with Gasteiger partial charge in [-0.1, -0.05) is 19.3 Å². The van der Waals surface area contributed by atoms with Crippen LogP contribution in [-0.2, 0) is 6.54 Å². The van der Waals surface area contributed by atoms with E-state index in [1.807, 2.05) is 7.05 Å². The van der Waals surface area contributed by atoms with Crippen molar-refractivity contribution >= 4 is 5.82 Å². The zero-order chi connectivity index (χ0) is 12.8. The van der Waals surface area contributed by atoms with Crippen molar-refractivity contribution in [2.75, 3.05) is 25.0 Å². The van der Waals surface area contributed by atoms with E-state index in [9.17, 15) is 0 Å². The van der Waals surface area contributed by atoms with Gasteiger partial charge in [0.25, 0.3) is 0 Å². The first-order valence-electron chi connectivity index (χ1n) is 7.17. The molecule has 1 aliphatic rings. The zero-order valence-electron chi connectivity index (χ0n) is 11.7. The van der Waals surface area contributed by atoms with Crippen LogP contribution in [-0.4, -0.2) is 25.1 Å². The minimum absolute atomic E-state index is 0.921. The number of hydrogen-bond acceptors (Lipinski definition) is 3. The molecule has 100 valence electrons. The lowest BCUT2D eigenvalue weighted by Gasteiger charge is -2.26. The minimum atomic E-state index is 0.921. The van der Waals surface area contributed by atoms with Crippen LogP contribution in [0.15, 0.2) is 12.1 Å². The highest BCUT2D eigenvalue weighted by Gasteiger charge is 2.11. The van der Waals surface area contributed by atoms with Gasteiger partial charge in [-0.15, -0.1) is 0 Å². The Bertz CT molecular complexity index is 368. The van der Waals surface area contributed by atoms with Crippen molar-refractivity contribution in [3.05, 3.63) is 23.4 Å². The number of pyridine rings is 1. The second-order valence-corrected chi connectivity index (χ2v) is 5.26. The van der Waals surface area contributed by atoms with Crippen LogP contribution in [0.2, 0.25) is 0 Å². The molecule has 2 rings (SSSR count). The fraction of sp³-hybridized carbons (Fsp3) is 0.667. The Hall–Kier alpha value is -1.09. The predicted octanol–water partition coefficient (Wildman–Crippen LogP) is 2.88. The molecule has 0 unspecified atom stereocenters. The Morgan fingerprint density at radius 1 is 1.11 bits per heavy atom. The molecule has 0 spiro atoms. The molecule has 0 amide bonds. The summed E-state index contributed by atoms with van der Waals surface area (Å²) in [6.45, 7) is 5.34. The average molecular weight is 247 g/mol. The molecule has 2 heterocycles. The molecule has 3 nitrogen and oxygen atoms in total. The quantitative estimate of drug-likeness (QED) is 0.890. The number of aromatic nitrogens is 1. The molecule has 1 N–H and O–H groups in total. The van der Waals surface area contributed by atoms with Gasteiger partial charge < -0.3 is 10.2 Å². The first kappa shape index (κ1) is 13.3. The molecule has 18 heavy (non-hydrogen) atoms. The molecule has 0 saturated carbocycles. The van der Waals surface area contributed by atoms with Crippen LogP contribution in [0.4, 0.5) is 5.82 Å². The molecule has 1 aliphatic heterocycles. The molecule has 0 bridgehead atoms. The molecular weight excluding hydrogens is 222 g/mol. The largest absolute Gasteiger partial charge is 0.357 e. The van der Waals surface area contributed by atoms with Crippen molar-refractivity contribution in [1.29, 1.82) is 0 Å². The fourth-order valence-electron chi connectivity index (χ4n) is 2.67. The summed E-state index contributed by atoms with van der Waals surface area (Å²) >= 11 is 0. The van der Waals surface area contributed by atoms with Crippen molar-refractivity contribution in [2.45, 2.75) is 45.6 Å². The molecule has 0 aliphatic carbocycles. The molecule has 0 aromatic carbocycles. The monoisotopic (exact) mass is 247 g/mol. The SMILES string of the molecule is CNCc1cc(C)nc(N2CCCCCCC2)c1. The van der Waals surface area contributed by atoms with Gasteiger partial charge in [0, 0.05) is 25.3 Å². The summed E-state index contributed by atoms with van der Waals surface area (Å²) in [5.41, 5.74) is 2.46. The van der Waals surface area contributed by atoms with E-state index in [1.54, 1.807) is 0 Å². The van der Waals surface area contributed by atoms with Gasteiger partial charge in [-0.05, 0) is 44.5 Å². The van der Waals surface area contributed by atoms with E-state index < -0.39 is 0 Å². The normalized spacial score (nSPS) is 17.3. The van der Waals surface area contributed by atoms with Crippen LogP contribution < -0.4 is 10.2 Å². The third kappa shape index (κ3) is 3.70. The van der Waals surface area contributed by atoms with Crippen molar-refractivity contribution in [3.8, 4) is 0 Å². The molecule has 1 aromatic rings. The summed E-state index contributed by atoms with van der Waals surface area (Å²) in [5, 5.41) is 3.22. The average Bonchev–Trinajstić information content (AvgIpc) is 2.27. The van der Waals surface area contributed by atoms with Gasteiger partial charge in [0.15, 0.2) is 0 Å². The smallest absolute Gasteiger partial charge is 0.129 e. The number of hydrogen-bond donors (Lipinski definition) is 1. The third-order valence-corrected chi connectivity index (χ3v) is 3.56. The van der Waals surface area contributed by atoms with Gasteiger partial charge in [0.2, 0.25) is 0 Å². The maximum absolute atomic E-state index is 4.71. The highest BCUT2D eigenvalue weighted by Crippen LogP contribution is 2.19. The van der Waals surface area contributed by atoms with Crippen LogP contribution in [0.3, 0.4) is 0 Å². The van der Waals surface area contributed by atoms with Gasteiger partial charge in [0.1, 0.15) is 5.82 Å². The van der Waals surface area contributed by atoms with E-state index in [0.29, 0.717) is 0 Å². The Morgan fingerprint density at radius 3 is 2.44 bits per heavy atom. The van der Waals surface area contributed by atoms with Gasteiger partial charge in [-0.2, -0.15) is 0 Å². The van der Waals surface area contributed by atoms with Gasteiger partial charge >= 0.3 is 0 Å². The van der Waals surface area contributed by atoms with Crippen molar-refractivity contribution in [3.63, 3.8) is 0 Å².